The van der Waals surface area contributed by atoms with Crippen molar-refractivity contribution in [1.82, 2.24) is 10.6 Å². The molecule has 186 valence electrons. The highest BCUT2D eigenvalue weighted by atomic mass is 28.4. The minimum absolute atomic E-state index is 0.0826. The number of nitrogens with one attached hydrogen (secondary N) is 2. The summed E-state index contributed by atoms with van der Waals surface area (Å²) in [5.41, 5.74) is 0. The maximum Gasteiger partial charge on any atom is 0.404 e. The van der Waals surface area contributed by atoms with Gasteiger partial charge in [-0.25, -0.2) is 9.59 Å². The van der Waals surface area contributed by atoms with Crippen LogP contribution in [0.15, 0.2) is 60.7 Å². The van der Waals surface area contributed by atoms with Gasteiger partial charge in [0.25, 0.3) is 8.32 Å². The Balaban J connectivity index is 2.38. The topological polar surface area (TPSA) is 108 Å². The van der Waals surface area contributed by atoms with Crippen LogP contribution in [0.4, 0.5) is 9.59 Å². The van der Waals surface area contributed by atoms with E-state index in [0.29, 0.717) is 12.8 Å². The summed E-state index contributed by atoms with van der Waals surface area (Å²) in [6.07, 6.45) is -1.25. The van der Waals surface area contributed by atoms with Gasteiger partial charge in [-0.15, -0.1) is 0 Å². The zero-order valence-electron chi connectivity index (χ0n) is 20.7. The van der Waals surface area contributed by atoms with E-state index in [2.05, 4.69) is 55.7 Å². The van der Waals surface area contributed by atoms with Crippen molar-refractivity contribution in [2.24, 2.45) is 5.92 Å². The molecule has 0 spiro atoms. The highest BCUT2D eigenvalue weighted by molar-refractivity contribution is 6.99. The molecule has 0 radical (unpaired) electrons. The SMILES string of the molecule is CC(C)C(CC[C@@H](CO[Si](c1ccccc1)(c1ccccc1)C(C)(C)C)NC(=O)O)NC(=O)O. The smallest absolute Gasteiger partial charge is 0.404 e. The predicted octanol–water partition coefficient (Wildman–Crippen LogP) is 4.27. The molecule has 0 saturated carbocycles. The molecule has 0 aromatic heterocycles. The van der Waals surface area contributed by atoms with Crippen LogP contribution in [0.25, 0.3) is 0 Å². The van der Waals surface area contributed by atoms with Gasteiger partial charge in [-0.05, 0) is 34.2 Å². The molecule has 8 heteroatoms. The van der Waals surface area contributed by atoms with E-state index < -0.39 is 26.5 Å². The standard InChI is InChI=1S/C26H38N2O5Si/c1-19(2)23(28-25(31)32)17-16-20(27-24(29)30)18-33-34(26(3,4)5,21-12-8-6-9-13-21)22-14-10-7-11-15-22/h6-15,19-20,23,27-28H,16-18H2,1-5H3,(H,29,30)(H,31,32)/t20-,23?/m0/s1. The maximum absolute atomic E-state index is 11.6. The number of benzene rings is 2. The van der Waals surface area contributed by atoms with Gasteiger partial charge in [-0.2, -0.15) is 0 Å². The summed E-state index contributed by atoms with van der Waals surface area (Å²) in [4.78, 5) is 22.7. The van der Waals surface area contributed by atoms with E-state index >= 15 is 0 Å². The van der Waals surface area contributed by atoms with E-state index in [1.807, 2.05) is 50.2 Å². The fraction of sp³-hybridized carbons (Fsp3) is 0.462. The molecule has 2 amide bonds. The molecule has 0 aliphatic carbocycles. The van der Waals surface area contributed by atoms with Crippen molar-refractivity contribution in [1.29, 1.82) is 0 Å². The van der Waals surface area contributed by atoms with Gasteiger partial charge >= 0.3 is 12.2 Å². The Morgan fingerprint density at radius 3 is 1.71 bits per heavy atom. The molecular weight excluding hydrogens is 448 g/mol. The molecule has 2 rings (SSSR count). The molecular formula is C26H38N2O5Si. The van der Waals surface area contributed by atoms with Crippen molar-refractivity contribution in [3.8, 4) is 0 Å². The Morgan fingerprint density at radius 2 is 1.32 bits per heavy atom. The second-order valence-corrected chi connectivity index (χ2v) is 14.3. The Kier molecular flexibility index (Phi) is 9.70. The number of carbonyl (C=O) groups is 2. The lowest BCUT2D eigenvalue weighted by Gasteiger charge is -2.43. The van der Waals surface area contributed by atoms with Gasteiger partial charge in [0.15, 0.2) is 0 Å². The van der Waals surface area contributed by atoms with Gasteiger partial charge in [0.05, 0.1) is 12.6 Å². The third kappa shape index (κ3) is 7.08. The van der Waals surface area contributed by atoms with E-state index in [0.717, 1.165) is 10.4 Å². The van der Waals surface area contributed by atoms with Gasteiger partial charge in [0.2, 0.25) is 0 Å². The first-order valence-electron chi connectivity index (χ1n) is 11.7. The van der Waals surface area contributed by atoms with Crippen molar-refractivity contribution in [3.05, 3.63) is 60.7 Å². The van der Waals surface area contributed by atoms with Crippen molar-refractivity contribution >= 4 is 30.9 Å². The van der Waals surface area contributed by atoms with Crippen LogP contribution in [0.3, 0.4) is 0 Å². The molecule has 0 fully saturated rings. The molecule has 0 heterocycles. The molecule has 0 aliphatic heterocycles. The summed E-state index contributed by atoms with van der Waals surface area (Å²) in [5.74, 6) is 0.0826. The molecule has 2 atom stereocenters. The van der Waals surface area contributed by atoms with Crippen molar-refractivity contribution in [3.63, 3.8) is 0 Å². The lowest BCUT2D eigenvalue weighted by Crippen LogP contribution is -2.67. The molecule has 7 nitrogen and oxygen atoms in total. The summed E-state index contributed by atoms with van der Waals surface area (Å²) in [7, 11) is -2.81. The average Bonchev–Trinajstić information content (AvgIpc) is 2.76. The number of amides is 2. The second-order valence-electron chi connectivity index (χ2n) is 10.00. The van der Waals surface area contributed by atoms with Crippen LogP contribution >= 0.6 is 0 Å². The summed E-state index contributed by atoms with van der Waals surface area (Å²) in [6, 6.07) is 19.6. The number of carboxylic acid groups (broad SMARTS) is 2. The Labute approximate surface area is 203 Å². The number of rotatable bonds is 11. The van der Waals surface area contributed by atoms with Crippen LogP contribution in [0.1, 0.15) is 47.5 Å². The van der Waals surface area contributed by atoms with E-state index in [9.17, 15) is 14.7 Å². The van der Waals surface area contributed by atoms with Crippen LogP contribution in [0, 0.1) is 5.92 Å². The fourth-order valence-corrected chi connectivity index (χ4v) is 9.08. The van der Waals surface area contributed by atoms with Crippen molar-refractivity contribution in [2.75, 3.05) is 6.61 Å². The minimum Gasteiger partial charge on any atom is -0.465 e. The monoisotopic (exact) mass is 486 g/mol. The molecule has 2 aromatic carbocycles. The molecule has 2 aromatic rings. The van der Waals surface area contributed by atoms with Gasteiger partial charge < -0.3 is 25.3 Å². The summed E-state index contributed by atoms with van der Waals surface area (Å²) < 4.78 is 6.88. The Bertz CT molecular complexity index is 876. The third-order valence-corrected chi connectivity index (χ3v) is 11.2. The van der Waals surface area contributed by atoms with Gasteiger partial charge in [0.1, 0.15) is 0 Å². The highest BCUT2D eigenvalue weighted by Crippen LogP contribution is 2.36. The average molecular weight is 487 g/mol. The van der Waals surface area contributed by atoms with Crippen molar-refractivity contribution in [2.45, 2.75) is 64.6 Å². The van der Waals surface area contributed by atoms with Gasteiger partial charge in [0, 0.05) is 6.04 Å². The molecule has 0 saturated heterocycles. The normalized spacial score (nSPS) is 13.8. The minimum atomic E-state index is -2.81. The van der Waals surface area contributed by atoms with Crippen molar-refractivity contribution < 1.29 is 24.2 Å². The zero-order chi connectivity index (χ0) is 25.4. The Hall–Kier alpha value is -2.84. The number of hydrogen-bond acceptors (Lipinski definition) is 3. The summed E-state index contributed by atoms with van der Waals surface area (Å²) >= 11 is 0. The van der Waals surface area contributed by atoms with E-state index in [-0.39, 0.29) is 23.6 Å². The summed E-state index contributed by atoms with van der Waals surface area (Å²) in [5, 5.41) is 25.8. The predicted molar refractivity (Wildman–Crippen MR) is 138 cm³/mol. The Morgan fingerprint density at radius 1 is 0.853 bits per heavy atom. The van der Waals surface area contributed by atoms with Gasteiger partial charge in [-0.3, -0.25) is 0 Å². The highest BCUT2D eigenvalue weighted by Gasteiger charge is 2.50. The first kappa shape index (κ1) is 27.4. The van der Waals surface area contributed by atoms with Crippen LogP contribution in [-0.4, -0.2) is 49.4 Å². The number of hydrogen-bond donors (Lipinski definition) is 4. The maximum atomic E-state index is 11.6. The lowest BCUT2D eigenvalue weighted by atomic mass is 9.97. The van der Waals surface area contributed by atoms with Gasteiger partial charge in [-0.1, -0.05) is 95.3 Å². The molecule has 0 aliphatic rings. The van der Waals surface area contributed by atoms with Crippen LogP contribution in [0.2, 0.25) is 5.04 Å². The molecule has 0 bridgehead atoms. The van der Waals surface area contributed by atoms with Crippen LogP contribution < -0.4 is 21.0 Å². The first-order valence-corrected chi connectivity index (χ1v) is 13.6. The molecule has 1 unspecified atom stereocenters. The van der Waals surface area contributed by atoms with E-state index in [1.54, 1.807) is 0 Å². The zero-order valence-corrected chi connectivity index (χ0v) is 21.7. The quantitative estimate of drug-likeness (QED) is 0.355. The molecule has 4 N–H and O–H groups in total. The van der Waals surface area contributed by atoms with Crippen LogP contribution in [0.5, 0.6) is 0 Å². The van der Waals surface area contributed by atoms with Crippen LogP contribution in [-0.2, 0) is 4.43 Å². The lowest BCUT2D eigenvalue weighted by molar-refractivity contribution is 0.171. The van der Waals surface area contributed by atoms with E-state index in [4.69, 9.17) is 9.53 Å². The first-order chi connectivity index (χ1) is 16.0. The molecule has 34 heavy (non-hydrogen) atoms. The second kappa shape index (κ2) is 12.0. The largest absolute Gasteiger partial charge is 0.465 e. The third-order valence-electron chi connectivity index (χ3n) is 6.19. The van der Waals surface area contributed by atoms with E-state index in [1.165, 1.54) is 0 Å². The fourth-order valence-electron chi connectivity index (χ4n) is 4.47. The summed E-state index contributed by atoms with van der Waals surface area (Å²) in [6.45, 7) is 10.6.